The van der Waals surface area contributed by atoms with Crippen LogP contribution in [-0.2, 0) is 11.2 Å². The third kappa shape index (κ3) is 3.71. The zero-order valence-corrected chi connectivity index (χ0v) is 15.3. The zero-order chi connectivity index (χ0) is 18.8. The summed E-state index contributed by atoms with van der Waals surface area (Å²) in [7, 11) is 0. The van der Waals surface area contributed by atoms with Gasteiger partial charge in [-0.3, -0.25) is 4.79 Å². The first kappa shape index (κ1) is 17.7. The number of halogens is 2. The molecule has 1 saturated heterocycles. The summed E-state index contributed by atoms with van der Waals surface area (Å²) >= 11 is 6.01. The number of amides is 1. The standard InChI is InChI=1S/C20H18ClFN4O/c21-16-4-3-5-17(22)14(16)11-19(27)25-13-6-7-18-15(10-13)20(24-12-23-18)26-8-1-2-9-26/h3-7,10,12H,1-2,8-9,11H2,(H,25,27). The lowest BCUT2D eigenvalue weighted by molar-refractivity contribution is -0.115. The van der Waals surface area contributed by atoms with Crippen molar-refractivity contribution in [2.24, 2.45) is 0 Å². The second-order valence-electron chi connectivity index (χ2n) is 6.55. The third-order valence-electron chi connectivity index (χ3n) is 4.70. The van der Waals surface area contributed by atoms with E-state index in [1.54, 1.807) is 18.5 Å². The summed E-state index contributed by atoms with van der Waals surface area (Å²) in [5, 5.41) is 3.95. The Labute approximate surface area is 161 Å². The van der Waals surface area contributed by atoms with Gasteiger partial charge in [-0.2, -0.15) is 0 Å². The summed E-state index contributed by atoms with van der Waals surface area (Å²) in [4.78, 5) is 23.4. The fourth-order valence-electron chi connectivity index (χ4n) is 3.37. The molecular formula is C20H18ClFN4O. The number of nitrogens with zero attached hydrogens (tertiary/aromatic N) is 3. The number of benzene rings is 2. The molecule has 5 nitrogen and oxygen atoms in total. The van der Waals surface area contributed by atoms with Gasteiger partial charge in [0, 0.05) is 34.7 Å². The fraction of sp³-hybridized carbons (Fsp3) is 0.250. The Kier molecular flexibility index (Phi) is 4.90. The summed E-state index contributed by atoms with van der Waals surface area (Å²) in [6.07, 6.45) is 3.72. The number of hydrogen-bond acceptors (Lipinski definition) is 4. The molecule has 2 aromatic carbocycles. The van der Waals surface area contributed by atoms with Crippen molar-refractivity contribution in [3.63, 3.8) is 0 Å². The highest BCUT2D eigenvalue weighted by Gasteiger charge is 2.17. The lowest BCUT2D eigenvalue weighted by atomic mass is 10.1. The van der Waals surface area contributed by atoms with Gasteiger partial charge in [0.05, 0.1) is 11.9 Å². The van der Waals surface area contributed by atoms with Crippen molar-refractivity contribution in [2.45, 2.75) is 19.3 Å². The van der Waals surface area contributed by atoms with Crippen molar-refractivity contribution in [2.75, 3.05) is 23.3 Å². The van der Waals surface area contributed by atoms with E-state index in [0.717, 1.165) is 42.7 Å². The van der Waals surface area contributed by atoms with Crippen LogP contribution in [0.2, 0.25) is 5.02 Å². The zero-order valence-electron chi connectivity index (χ0n) is 14.6. The molecule has 0 atom stereocenters. The molecule has 1 amide bonds. The van der Waals surface area contributed by atoms with E-state index in [4.69, 9.17) is 11.6 Å². The molecule has 0 saturated carbocycles. The van der Waals surface area contributed by atoms with Crippen molar-refractivity contribution >= 4 is 39.9 Å². The maximum atomic E-state index is 13.9. The predicted molar refractivity (Wildman–Crippen MR) is 105 cm³/mol. The largest absolute Gasteiger partial charge is 0.356 e. The summed E-state index contributed by atoms with van der Waals surface area (Å²) in [6.45, 7) is 1.93. The van der Waals surface area contributed by atoms with Crippen molar-refractivity contribution in [1.29, 1.82) is 0 Å². The van der Waals surface area contributed by atoms with E-state index in [1.165, 1.54) is 12.1 Å². The number of aromatic nitrogens is 2. The molecular weight excluding hydrogens is 367 g/mol. The van der Waals surface area contributed by atoms with Crippen LogP contribution < -0.4 is 10.2 Å². The minimum absolute atomic E-state index is 0.131. The van der Waals surface area contributed by atoms with Gasteiger partial charge in [0.1, 0.15) is 18.0 Å². The van der Waals surface area contributed by atoms with Gasteiger partial charge in [-0.15, -0.1) is 0 Å². The van der Waals surface area contributed by atoms with Crippen molar-refractivity contribution in [3.8, 4) is 0 Å². The van der Waals surface area contributed by atoms with E-state index in [-0.39, 0.29) is 22.9 Å². The minimum Gasteiger partial charge on any atom is -0.356 e. The van der Waals surface area contributed by atoms with Gasteiger partial charge in [-0.1, -0.05) is 17.7 Å². The topological polar surface area (TPSA) is 58.1 Å². The monoisotopic (exact) mass is 384 g/mol. The first-order valence-electron chi connectivity index (χ1n) is 8.84. The van der Waals surface area contributed by atoms with Gasteiger partial charge in [0.2, 0.25) is 5.91 Å². The highest BCUT2D eigenvalue weighted by molar-refractivity contribution is 6.31. The van der Waals surface area contributed by atoms with Gasteiger partial charge < -0.3 is 10.2 Å². The Bertz CT molecular complexity index is 984. The number of carbonyl (C=O) groups is 1. The summed E-state index contributed by atoms with van der Waals surface area (Å²) in [5.74, 6) is 0.0625. The van der Waals surface area contributed by atoms with Crippen LogP contribution in [0.25, 0.3) is 10.9 Å². The first-order chi connectivity index (χ1) is 13.1. The third-order valence-corrected chi connectivity index (χ3v) is 5.06. The van der Waals surface area contributed by atoms with Crippen molar-refractivity contribution in [1.82, 2.24) is 9.97 Å². The minimum atomic E-state index is -0.485. The molecule has 138 valence electrons. The van der Waals surface area contributed by atoms with E-state index in [9.17, 15) is 9.18 Å². The molecule has 1 fully saturated rings. The number of hydrogen-bond donors (Lipinski definition) is 1. The SMILES string of the molecule is O=C(Cc1c(F)cccc1Cl)Nc1ccc2ncnc(N3CCCC3)c2c1. The average molecular weight is 385 g/mol. The molecule has 2 heterocycles. The highest BCUT2D eigenvalue weighted by atomic mass is 35.5. The maximum Gasteiger partial charge on any atom is 0.228 e. The Morgan fingerprint density at radius 3 is 2.78 bits per heavy atom. The van der Waals surface area contributed by atoms with Gasteiger partial charge in [-0.25, -0.2) is 14.4 Å². The van der Waals surface area contributed by atoms with Gasteiger partial charge in [0.15, 0.2) is 0 Å². The summed E-state index contributed by atoms with van der Waals surface area (Å²) in [6, 6.07) is 9.88. The molecule has 7 heteroatoms. The Morgan fingerprint density at radius 1 is 1.19 bits per heavy atom. The number of rotatable bonds is 4. The second-order valence-corrected chi connectivity index (χ2v) is 6.96. The molecule has 1 aromatic heterocycles. The first-order valence-corrected chi connectivity index (χ1v) is 9.22. The van der Waals surface area contributed by atoms with E-state index in [2.05, 4.69) is 20.2 Å². The quantitative estimate of drug-likeness (QED) is 0.732. The molecule has 1 aliphatic rings. The molecule has 1 aliphatic heterocycles. The molecule has 0 unspecified atom stereocenters. The molecule has 1 N–H and O–H groups in total. The van der Waals surface area contributed by atoms with Crippen LogP contribution >= 0.6 is 11.6 Å². The smallest absolute Gasteiger partial charge is 0.228 e. The lowest BCUT2D eigenvalue weighted by Gasteiger charge is -2.18. The van der Waals surface area contributed by atoms with Crippen LogP contribution in [0.5, 0.6) is 0 Å². The Hall–Kier alpha value is -2.73. The van der Waals surface area contributed by atoms with Crippen LogP contribution in [0.15, 0.2) is 42.7 Å². The van der Waals surface area contributed by atoms with Crippen LogP contribution in [0.3, 0.4) is 0 Å². The fourth-order valence-corrected chi connectivity index (χ4v) is 3.60. The Balaban J connectivity index is 1.58. The molecule has 0 spiro atoms. The van der Waals surface area contributed by atoms with E-state index in [0.29, 0.717) is 5.69 Å². The van der Waals surface area contributed by atoms with Crippen molar-refractivity contribution < 1.29 is 9.18 Å². The van der Waals surface area contributed by atoms with Crippen molar-refractivity contribution in [3.05, 3.63) is 59.1 Å². The van der Waals surface area contributed by atoms with E-state index in [1.807, 2.05) is 12.1 Å². The maximum absolute atomic E-state index is 13.9. The van der Waals surface area contributed by atoms with E-state index < -0.39 is 5.82 Å². The lowest BCUT2D eigenvalue weighted by Crippen LogP contribution is -2.19. The molecule has 0 bridgehead atoms. The number of fused-ring (bicyclic) bond motifs is 1. The number of nitrogens with one attached hydrogen (secondary N) is 1. The van der Waals surface area contributed by atoms with E-state index >= 15 is 0 Å². The molecule has 0 radical (unpaired) electrons. The van der Waals surface area contributed by atoms with Crippen LogP contribution in [0.4, 0.5) is 15.9 Å². The van der Waals surface area contributed by atoms with Gasteiger partial charge >= 0.3 is 0 Å². The number of carbonyl (C=O) groups excluding carboxylic acids is 1. The Morgan fingerprint density at radius 2 is 2.00 bits per heavy atom. The van der Waals surface area contributed by atoms with Crippen LogP contribution in [0.1, 0.15) is 18.4 Å². The summed E-state index contributed by atoms with van der Waals surface area (Å²) in [5.41, 5.74) is 1.64. The number of anilines is 2. The molecule has 0 aliphatic carbocycles. The van der Waals surface area contributed by atoms with Crippen LogP contribution in [0, 0.1) is 5.82 Å². The molecule has 3 aromatic rings. The second kappa shape index (κ2) is 7.48. The van der Waals surface area contributed by atoms with Crippen LogP contribution in [-0.4, -0.2) is 29.0 Å². The average Bonchev–Trinajstić information content (AvgIpc) is 3.19. The predicted octanol–water partition coefficient (Wildman–Crippen LogP) is 4.20. The summed E-state index contributed by atoms with van der Waals surface area (Å²) < 4.78 is 13.9. The highest BCUT2D eigenvalue weighted by Crippen LogP contribution is 2.28. The normalized spacial score (nSPS) is 13.9. The van der Waals surface area contributed by atoms with Gasteiger partial charge in [0.25, 0.3) is 0 Å². The van der Waals surface area contributed by atoms with Gasteiger partial charge in [-0.05, 0) is 43.2 Å². The molecule has 4 rings (SSSR count). The molecule has 27 heavy (non-hydrogen) atoms.